The van der Waals surface area contributed by atoms with Crippen molar-refractivity contribution in [3.63, 3.8) is 0 Å². The van der Waals surface area contributed by atoms with Gasteiger partial charge in [-0.2, -0.15) is 0 Å². The lowest BCUT2D eigenvalue weighted by Crippen LogP contribution is -2.49. The van der Waals surface area contributed by atoms with Crippen LogP contribution in [0.25, 0.3) is 0 Å². The Labute approximate surface area is 125 Å². The molecule has 1 aromatic carbocycles. The molecule has 1 aliphatic rings. The maximum Gasteiger partial charge on any atom is 0.234 e. The molecular formula is C15H21ClN2O2. The van der Waals surface area contributed by atoms with Crippen molar-refractivity contribution in [2.24, 2.45) is 0 Å². The Morgan fingerprint density at radius 1 is 1.35 bits per heavy atom. The van der Waals surface area contributed by atoms with Gasteiger partial charge < -0.3 is 10.1 Å². The number of halogens is 1. The molecule has 1 fully saturated rings. The van der Waals surface area contributed by atoms with Crippen LogP contribution in [0.5, 0.6) is 0 Å². The largest absolute Gasteiger partial charge is 0.373 e. The van der Waals surface area contributed by atoms with Crippen molar-refractivity contribution in [2.75, 3.05) is 19.6 Å². The van der Waals surface area contributed by atoms with Crippen LogP contribution < -0.4 is 5.32 Å². The van der Waals surface area contributed by atoms with Gasteiger partial charge in [0.05, 0.1) is 18.8 Å². The minimum atomic E-state index is 0.0196. The molecule has 0 bridgehead atoms. The minimum absolute atomic E-state index is 0.0196. The SMILES string of the molecule is C[C@H]1CN(CC(=O)NCc2ccccc2Cl)C[C@H](C)O1. The van der Waals surface area contributed by atoms with E-state index in [0.29, 0.717) is 18.1 Å². The molecule has 0 aromatic heterocycles. The average molecular weight is 297 g/mol. The van der Waals surface area contributed by atoms with Crippen molar-refractivity contribution in [1.82, 2.24) is 10.2 Å². The van der Waals surface area contributed by atoms with Crippen molar-refractivity contribution in [3.8, 4) is 0 Å². The topological polar surface area (TPSA) is 41.6 Å². The highest BCUT2D eigenvalue weighted by Crippen LogP contribution is 2.14. The van der Waals surface area contributed by atoms with Gasteiger partial charge in [0, 0.05) is 24.7 Å². The van der Waals surface area contributed by atoms with E-state index in [0.717, 1.165) is 18.7 Å². The summed E-state index contributed by atoms with van der Waals surface area (Å²) in [6, 6.07) is 7.54. The second-order valence-corrected chi connectivity index (χ2v) is 5.73. The lowest BCUT2D eigenvalue weighted by Gasteiger charge is -2.34. The molecule has 1 N–H and O–H groups in total. The maximum atomic E-state index is 12.0. The first-order valence-electron chi connectivity index (χ1n) is 6.92. The molecule has 5 heteroatoms. The molecule has 4 nitrogen and oxygen atoms in total. The Hall–Kier alpha value is -1.10. The molecule has 110 valence electrons. The molecular weight excluding hydrogens is 276 g/mol. The lowest BCUT2D eigenvalue weighted by atomic mass is 10.2. The number of ether oxygens (including phenoxy) is 1. The highest BCUT2D eigenvalue weighted by Gasteiger charge is 2.23. The van der Waals surface area contributed by atoms with Crippen molar-refractivity contribution in [2.45, 2.75) is 32.6 Å². The van der Waals surface area contributed by atoms with Gasteiger partial charge in [-0.15, -0.1) is 0 Å². The number of benzene rings is 1. The molecule has 1 saturated heterocycles. The number of nitrogens with one attached hydrogen (secondary N) is 1. The molecule has 1 aromatic rings. The van der Waals surface area contributed by atoms with Crippen LogP contribution in [0.2, 0.25) is 5.02 Å². The number of carbonyl (C=O) groups excluding carboxylic acids is 1. The summed E-state index contributed by atoms with van der Waals surface area (Å²) in [6.45, 7) is 6.53. The Balaban J connectivity index is 1.79. The van der Waals surface area contributed by atoms with Gasteiger partial charge in [0.15, 0.2) is 0 Å². The standard InChI is InChI=1S/C15H21ClN2O2/c1-11-8-18(9-12(2)20-11)10-15(19)17-7-13-5-3-4-6-14(13)16/h3-6,11-12H,7-10H2,1-2H3,(H,17,19)/t11-,12-/m0/s1. The number of morpholine rings is 1. The second-order valence-electron chi connectivity index (χ2n) is 5.32. The minimum Gasteiger partial charge on any atom is -0.373 e. The number of nitrogens with zero attached hydrogens (tertiary/aromatic N) is 1. The fourth-order valence-electron chi connectivity index (χ4n) is 2.51. The Bertz CT molecular complexity index is 457. The molecule has 0 saturated carbocycles. The number of amides is 1. The first-order chi connectivity index (χ1) is 9.54. The summed E-state index contributed by atoms with van der Waals surface area (Å²) < 4.78 is 5.65. The van der Waals surface area contributed by atoms with E-state index >= 15 is 0 Å². The fraction of sp³-hybridized carbons (Fsp3) is 0.533. The molecule has 20 heavy (non-hydrogen) atoms. The summed E-state index contributed by atoms with van der Waals surface area (Å²) in [4.78, 5) is 14.1. The number of rotatable bonds is 4. The first kappa shape index (κ1) is 15.3. The molecule has 1 heterocycles. The van der Waals surface area contributed by atoms with E-state index in [1.54, 1.807) is 0 Å². The van der Waals surface area contributed by atoms with Gasteiger partial charge in [-0.3, -0.25) is 9.69 Å². The molecule has 0 unspecified atom stereocenters. The van der Waals surface area contributed by atoms with Crippen LogP contribution in [-0.2, 0) is 16.1 Å². The van der Waals surface area contributed by atoms with Gasteiger partial charge >= 0.3 is 0 Å². The van der Waals surface area contributed by atoms with E-state index in [4.69, 9.17) is 16.3 Å². The highest BCUT2D eigenvalue weighted by molar-refractivity contribution is 6.31. The van der Waals surface area contributed by atoms with Gasteiger partial charge in [0.1, 0.15) is 0 Å². The van der Waals surface area contributed by atoms with Crippen molar-refractivity contribution in [1.29, 1.82) is 0 Å². The summed E-state index contributed by atoms with van der Waals surface area (Å²) in [7, 11) is 0. The number of carbonyl (C=O) groups is 1. The fourth-order valence-corrected chi connectivity index (χ4v) is 2.71. The van der Waals surface area contributed by atoms with E-state index in [1.165, 1.54) is 0 Å². The third kappa shape index (κ3) is 4.47. The van der Waals surface area contributed by atoms with Crippen LogP contribution in [0.1, 0.15) is 19.4 Å². The summed E-state index contributed by atoms with van der Waals surface area (Å²) in [5.74, 6) is 0.0196. The third-order valence-electron chi connectivity index (χ3n) is 3.30. The van der Waals surface area contributed by atoms with Gasteiger partial charge in [0.25, 0.3) is 0 Å². The monoisotopic (exact) mass is 296 g/mol. The summed E-state index contributed by atoms with van der Waals surface area (Å²) in [6.07, 6.45) is 0.352. The van der Waals surface area contributed by atoms with Gasteiger partial charge in [0.2, 0.25) is 5.91 Å². The van der Waals surface area contributed by atoms with Crippen molar-refractivity contribution >= 4 is 17.5 Å². The molecule has 2 rings (SSSR count). The molecule has 0 radical (unpaired) electrons. The van der Waals surface area contributed by atoms with E-state index < -0.39 is 0 Å². The zero-order chi connectivity index (χ0) is 14.5. The zero-order valence-electron chi connectivity index (χ0n) is 11.9. The summed E-state index contributed by atoms with van der Waals surface area (Å²) >= 11 is 6.06. The van der Waals surface area contributed by atoms with Crippen molar-refractivity contribution in [3.05, 3.63) is 34.9 Å². The van der Waals surface area contributed by atoms with Crippen molar-refractivity contribution < 1.29 is 9.53 Å². The van der Waals surface area contributed by atoms with E-state index in [1.807, 2.05) is 38.1 Å². The molecule has 0 aliphatic carbocycles. The third-order valence-corrected chi connectivity index (χ3v) is 3.67. The Morgan fingerprint density at radius 3 is 2.65 bits per heavy atom. The Morgan fingerprint density at radius 2 is 2.00 bits per heavy atom. The van der Waals surface area contributed by atoms with E-state index in [-0.39, 0.29) is 18.1 Å². The predicted octanol–water partition coefficient (Wildman–Crippen LogP) is 2.07. The molecule has 0 spiro atoms. The molecule has 2 atom stereocenters. The lowest BCUT2D eigenvalue weighted by molar-refractivity contribution is -0.126. The molecule has 1 aliphatic heterocycles. The van der Waals surface area contributed by atoms with Gasteiger partial charge in [-0.05, 0) is 25.5 Å². The second kappa shape index (κ2) is 7.07. The van der Waals surface area contributed by atoms with E-state index in [2.05, 4.69) is 10.2 Å². The quantitative estimate of drug-likeness (QED) is 0.925. The number of hydrogen-bond donors (Lipinski definition) is 1. The van der Waals surface area contributed by atoms with Crippen LogP contribution in [0.3, 0.4) is 0 Å². The van der Waals surface area contributed by atoms with Crippen LogP contribution in [0.15, 0.2) is 24.3 Å². The van der Waals surface area contributed by atoms with Crippen LogP contribution in [0, 0.1) is 0 Å². The predicted molar refractivity (Wildman–Crippen MR) is 79.7 cm³/mol. The normalized spacial score (nSPS) is 23.6. The highest BCUT2D eigenvalue weighted by atomic mass is 35.5. The summed E-state index contributed by atoms with van der Waals surface area (Å²) in [5.41, 5.74) is 0.936. The van der Waals surface area contributed by atoms with E-state index in [9.17, 15) is 4.79 Å². The van der Waals surface area contributed by atoms with Gasteiger partial charge in [-0.25, -0.2) is 0 Å². The van der Waals surface area contributed by atoms with Crippen LogP contribution in [0.4, 0.5) is 0 Å². The van der Waals surface area contributed by atoms with Crippen LogP contribution >= 0.6 is 11.6 Å². The molecule has 1 amide bonds. The number of hydrogen-bond acceptors (Lipinski definition) is 3. The zero-order valence-corrected chi connectivity index (χ0v) is 12.7. The smallest absolute Gasteiger partial charge is 0.234 e. The van der Waals surface area contributed by atoms with Crippen LogP contribution in [-0.4, -0.2) is 42.6 Å². The maximum absolute atomic E-state index is 12.0. The summed E-state index contributed by atoms with van der Waals surface area (Å²) in [5, 5.41) is 3.59. The first-order valence-corrected chi connectivity index (χ1v) is 7.30. The van der Waals surface area contributed by atoms with Gasteiger partial charge in [-0.1, -0.05) is 29.8 Å². The average Bonchev–Trinajstić information content (AvgIpc) is 2.36. The Kier molecular flexibility index (Phi) is 5.40.